The Kier molecular flexibility index (Phi) is 7.81. The molecule has 1 aromatic heterocycles. The summed E-state index contributed by atoms with van der Waals surface area (Å²) >= 11 is 12.9. The van der Waals surface area contributed by atoms with Crippen molar-refractivity contribution in [2.75, 3.05) is 5.32 Å². The van der Waals surface area contributed by atoms with E-state index in [0.717, 1.165) is 0 Å². The van der Waals surface area contributed by atoms with Gasteiger partial charge in [-0.3, -0.25) is 9.59 Å². The van der Waals surface area contributed by atoms with Crippen molar-refractivity contribution >= 4 is 51.6 Å². The van der Waals surface area contributed by atoms with Crippen LogP contribution >= 0.6 is 23.2 Å². The van der Waals surface area contributed by atoms with E-state index in [1.165, 1.54) is 41.2 Å². The van der Waals surface area contributed by atoms with Crippen LogP contribution in [0, 0.1) is 5.41 Å². The number of nitrogens with one attached hydrogen (secondary N) is 2. The van der Waals surface area contributed by atoms with Gasteiger partial charge in [0.05, 0.1) is 38.7 Å². The molecule has 204 valence electrons. The number of carbonyl (C=O) groups excluding carboxylic acids is 2. The number of hydrogen-bond acceptors (Lipinski definition) is 4. The van der Waals surface area contributed by atoms with Gasteiger partial charge in [-0.25, -0.2) is 4.68 Å². The molecule has 0 aliphatic rings. The molecule has 0 spiro atoms. The van der Waals surface area contributed by atoms with E-state index in [9.17, 15) is 22.8 Å². The van der Waals surface area contributed by atoms with Gasteiger partial charge < -0.3 is 15.4 Å². The number of benzene rings is 3. The number of rotatable bonds is 6. The lowest BCUT2D eigenvalue weighted by atomic mass is 9.95. The van der Waals surface area contributed by atoms with Gasteiger partial charge in [0.1, 0.15) is 5.75 Å². The van der Waals surface area contributed by atoms with Gasteiger partial charge in [-0.1, -0.05) is 56.1 Å². The highest BCUT2D eigenvalue weighted by atomic mass is 35.5. The smallest absolute Gasteiger partial charge is 0.406 e. The molecule has 0 aliphatic heterocycles. The van der Waals surface area contributed by atoms with Crippen LogP contribution in [0.4, 0.5) is 18.9 Å². The molecular formula is C27H23Cl2F3N4O3. The summed E-state index contributed by atoms with van der Waals surface area (Å²) in [7, 11) is 0. The van der Waals surface area contributed by atoms with Crippen molar-refractivity contribution in [3.8, 4) is 11.4 Å². The zero-order valence-corrected chi connectivity index (χ0v) is 22.5. The first-order valence-electron chi connectivity index (χ1n) is 11.6. The molecule has 4 rings (SSSR count). The molecule has 0 saturated heterocycles. The van der Waals surface area contributed by atoms with Gasteiger partial charge >= 0.3 is 6.36 Å². The Balaban J connectivity index is 1.59. The molecule has 0 aliphatic carbocycles. The summed E-state index contributed by atoms with van der Waals surface area (Å²) in [4.78, 5) is 25.5. The van der Waals surface area contributed by atoms with E-state index < -0.39 is 17.7 Å². The van der Waals surface area contributed by atoms with Crippen LogP contribution in [0.2, 0.25) is 10.0 Å². The molecule has 4 aromatic rings. The van der Waals surface area contributed by atoms with Gasteiger partial charge in [0, 0.05) is 17.3 Å². The standard InChI is InChI=1S/C27H23Cl2F3N4O3/c1-26(2,3)25(38)33-13-15-7-12-19(28)22(23(15)29)24(37)35-20-5-4-6-21-18(20)14-34-36(21)16-8-10-17(11-9-16)39-27(30,31)32/h4-12,14H,13H2,1-3H3,(H,33,38)(H,35,37). The van der Waals surface area contributed by atoms with Crippen LogP contribution in [0.15, 0.2) is 60.8 Å². The largest absolute Gasteiger partial charge is 0.573 e. The molecule has 12 heteroatoms. The van der Waals surface area contributed by atoms with Crippen molar-refractivity contribution < 1.29 is 27.5 Å². The highest BCUT2D eigenvalue weighted by Crippen LogP contribution is 2.32. The molecule has 1 heterocycles. The number of anilines is 1. The lowest BCUT2D eigenvalue weighted by Gasteiger charge is -2.18. The second kappa shape index (κ2) is 10.8. The third-order valence-corrected chi connectivity index (χ3v) is 6.44. The first-order valence-corrected chi connectivity index (χ1v) is 12.4. The molecule has 0 bridgehead atoms. The molecule has 3 aromatic carbocycles. The monoisotopic (exact) mass is 578 g/mol. The summed E-state index contributed by atoms with van der Waals surface area (Å²) in [6.07, 6.45) is -3.27. The Morgan fingerprint density at radius 2 is 1.69 bits per heavy atom. The van der Waals surface area contributed by atoms with Gasteiger partial charge in [0.2, 0.25) is 5.91 Å². The Hall–Kier alpha value is -3.76. The fourth-order valence-corrected chi connectivity index (χ4v) is 4.33. The molecule has 7 nitrogen and oxygen atoms in total. The van der Waals surface area contributed by atoms with Gasteiger partial charge in [-0.05, 0) is 48.0 Å². The molecule has 0 unspecified atom stereocenters. The number of alkyl halides is 3. The van der Waals surface area contributed by atoms with E-state index >= 15 is 0 Å². The minimum Gasteiger partial charge on any atom is -0.406 e. The van der Waals surface area contributed by atoms with E-state index in [4.69, 9.17) is 23.2 Å². The van der Waals surface area contributed by atoms with Crippen molar-refractivity contribution in [3.05, 3.63) is 82.0 Å². The molecule has 2 N–H and O–H groups in total. The second-order valence-electron chi connectivity index (χ2n) is 9.62. The summed E-state index contributed by atoms with van der Waals surface area (Å²) in [5, 5.41) is 10.7. The zero-order valence-electron chi connectivity index (χ0n) is 21.0. The van der Waals surface area contributed by atoms with Crippen molar-refractivity contribution in [2.45, 2.75) is 33.7 Å². The minimum absolute atomic E-state index is 0.0467. The van der Waals surface area contributed by atoms with E-state index in [0.29, 0.717) is 27.8 Å². The molecule has 2 amide bonds. The Labute approximate surface area is 231 Å². The third-order valence-electron chi connectivity index (χ3n) is 5.70. The van der Waals surface area contributed by atoms with Crippen molar-refractivity contribution in [1.29, 1.82) is 0 Å². The quantitative estimate of drug-likeness (QED) is 0.254. The van der Waals surface area contributed by atoms with Crippen molar-refractivity contribution in [1.82, 2.24) is 15.1 Å². The number of fused-ring (bicyclic) bond motifs is 1. The highest BCUT2D eigenvalue weighted by molar-refractivity contribution is 6.41. The third kappa shape index (κ3) is 6.46. The molecule has 0 radical (unpaired) electrons. The first kappa shape index (κ1) is 28.3. The van der Waals surface area contributed by atoms with Crippen LogP contribution in [0.25, 0.3) is 16.6 Å². The molecule has 0 atom stereocenters. The molecular weight excluding hydrogens is 556 g/mol. The van der Waals surface area contributed by atoms with Crippen LogP contribution in [0.5, 0.6) is 5.75 Å². The van der Waals surface area contributed by atoms with Crippen LogP contribution in [-0.4, -0.2) is 28.0 Å². The molecule has 0 fully saturated rings. The predicted octanol–water partition coefficient (Wildman–Crippen LogP) is 7.15. The average molecular weight is 579 g/mol. The van der Waals surface area contributed by atoms with Crippen molar-refractivity contribution in [2.24, 2.45) is 5.41 Å². The van der Waals surface area contributed by atoms with Gasteiger partial charge in [-0.15, -0.1) is 13.2 Å². The van der Waals surface area contributed by atoms with Crippen molar-refractivity contribution in [3.63, 3.8) is 0 Å². The van der Waals surface area contributed by atoms with Crippen LogP contribution in [0.1, 0.15) is 36.7 Å². The lowest BCUT2D eigenvalue weighted by molar-refractivity contribution is -0.274. The number of halogens is 5. The number of amides is 2. The summed E-state index contributed by atoms with van der Waals surface area (Å²) in [5.74, 6) is -1.10. The van der Waals surface area contributed by atoms with E-state index in [2.05, 4.69) is 20.5 Å². The number of nitrogens with zero attached hydrogens (tertiary/aromatic N) is 2. The van der Waals surface area contributed by atoms with E-state index in [-0.39, 0.29) is 33.8 Å². The SMILES string of the molecule is CC(C)(C)C(=O)NCc1ccc(Cl)c(C(=O)Nc2cccc3c2cnn3-c2ccc(OC(F)(F)F)cc2)c1Cl. The van der Waals surface area contributed by atoms with Crippen LogP contribution < -0.4 is 15.4 Å². The summed E-state index contributed by atoms with van der Waals surface area (Å²) in [6, 6.07) is 13.5. The minimum atomic E-state index is -4.79. The second-order valence-corrected chi connectivity index (χ2v) is 10.4. The maximum atomic E-state index is 13.3. The fraction of sp³-hybridized carbons (Fsp3) is 0.222. The van der Waals surface area contributed by atoms with Crippen LogP contribution in [-0.2, 0) is 11.3 Å². The van der Waals surface area contributed by atoms with Gasteiger partial charge in [0.15, 0.2) is 0 Å². The lowest BCUT2D eigenvalue weighted by Crippen LogP contribution is -2.34. The maximum absolute atomic E-state index is 13.3. The summed E-state index contributed by atoms with van der Waals surface area (Å²) in [6.45, 7) is 5.46. The molecule has 39 heavy (non-hydrogen) atoms. The average Bonchev–Trinajstić information content (AvgIpc) is 3.27. The van der Waals surface area contributed by atoms with Crippen LogP contribution in [0.3, 0.4) is 0 Å². The number of carbonyl (C=O) groups is 2. The normalized spacial score (nSPS) is 11.9. The summed E-state index contributed by atoms with van der Waals surface area (Å²) < 4.78 is 42.8. The summed E-state index contributed by atoms with van der Waals surface area (Å²) in [5.41, 5.74) is 1.46. The Morgan fingerprint density at radius 1 is 1.00 bits per heavy atom. The Morgan fingerprint density at radius 3 is 2.33 bits per heavy atom. The topological polar surface area (TPSA) is 85.3 Å². The van der Waals surface area contributed by atoms with Gasteiger partial charge in [0.25, 0.3) is 5.91 Å². The number of ether oxygens (including phenoxy) is 1. The zero-order chi connectivity index (χ0) is 28.5. The molecule has 0 saturated carbocycles. The number of aromatic nitrogens is 2. The van der Waals surface area contributed by atoms with E-state index in [1.807, 2.05) is 0 Å². The predicted molar refractivity (Wildman–Crippen MR) is 143 cm³/mol. The van der Waals surface area contributed by atoms with Gasteiger partial charge in [-0.2, -0.15) is 5.10 Å². The van der Waals surface area contributed by atoms with E-state index in [1.54, 1.807) is 45.0 Å². The fourth-order valence-electron chi connectivity index (χ4n) is 3.72. The maximum Gasteiger partial charge on any atom is 0.573 e. The first-order chi connectivity index (χ1) is 18.2. The number of hydrogen-bond donors (Lipinski definition) is 2. The highest BCUT2D eigenvalue weighted by Gasteiger charge is 2.31. The Bertz CT molecular complexity index is 1550.